The number of imidazole rings is 1. The van der Waals surface area contributed by atoms with Crippen LogP contribution in [0.3, 0.4) is 0 Å². The van der Waals surface area contributed by atoms with Gasteiger partial charge in [-0.2, -0.15) is 0 Å². The van der Waals surface area contributed by atoms with Crippen LogP contribution in [-0.2, 0) is 20.1 Å². The van der Waals surface area contributed by atoms with E-state index in [0.717, 1.165) is 83.1 Å². The van der Waals surface area contributed by atoms with Gasteiger partial charge in [0.1, 0.15) is 16.7 Å². The first-order valence-electron chi connectivity index (χ1n) is 23.5. The van der Waals surface area contributed by atoms with E-state index >= 15 is 0 Å². The number of furan rings is 2. The van der Waals surface area contributed by atoms with Crippen molar-refractivity contribution < 1.29 is 30.3 Å². The van der Waals surface area contributed by atoms with Gasteiger partial charge in [-0.3, -0.25) is 4.98 Å². The van der Waals surface area contributed by atoms with Crippen molar-refractivity contribution in [2.45, 2.75) is 76.5 Å². The molecule has 0 aliphatic heterocycles. The van der Waals surface area contributed by atoms with Gasteiger partial charge in [0, 0.05) is 36.6 Å². The molecule has 0 atom stereocenters. The Hall–Kier alpha value is -6.05. The second-order valence-corrected chi connectivity index (χ2v) is 29.8. The van der Waals surface area contributed by atoms with E-state index < -0.39 is 19.2 Å². The number of para-hydroxylation sites is 3. The van der Waals surface area contributed by atoms with Crippen molar-refractivity contribution in [3.63, 3.8) is 0 Å². The predicted octanol–water partition coefficient (Wildman–Crippen LogP) is 16.4. The zero-order valence-electron chi connectivity index (χ0n) is 40.6. The Balaban J connectivity index is 0.000000232. The molecule has 0 N–H and O–H groups in total. The van der Waals surface area contributed by atoms with E-state index in [1.807, 2.05) is 62.5 Å². The van der Waals surface area contributed by atoms with Crippen LogP contribution in [0.5, 0.6) is 0 Å². The number of hydrogen-bond donors (Lipinski definition) is 0. The van der Waals surface area contributed by atoms with E-state index in [4.69, 9.17) is 15.2 Å². The minimum atomic E-state index is -2.03. The molecule has 0 saturated carbocycles. The maximum Gasteiger partial charge on any atom is 0 e. The quantitative estimate of drug-likeness (QED) is 0.112. The van der Waals surface area contributed by atoms with Crippen LogP contribution in [-0.4, -0.2) is 27.8 Å². The molecule has 0 bridgehead atoms. The third-order valence-corrected chi connectivity index (χ3v) is 16.9. The maximum atomic E-state index is 8.44. The molecule has 11 aromatic rings. The summed E-state index contributed by atoms with van der Waals surface area (Å²) < 4.78 is 25.3. The first-order chi connectivity index (χ1) is 32.2. The Morgan fingerprint density at radius 3 is 2.00 bits per heavy atom. The van der Waals surface area contributed by atoms with Gasteiger partial charge in [0.15, 0.2) is 0 Å². The zero-order chi connectivity index (χ0) is 46.8. The fraction of sp³-hybridized carbons (Fsp3) is 0.200. The number of fused-ring (bicyclic) bond motifs is 8. The zero-order valence-corrected chi connectivity index (χ0v) is 44.1. The van der Waals surface area contributed by atoms with Gasteiger partial charge in [0.25, 0.3) is 0 Å². The number of nitrogens with zero attached hydrogens (tertiary/aromatic N) is 3. The Morgan fingerprint density at radius 1 is 0.612 bits per heavy atom. The molecule has 4 heterocycles. The van der Waals surface area contributed by atoms with E-state index in [1.54, 1.807) is 0 Å². The third kappa shape index (κ3) is 8.50. The van der Waals surface area contributed by atoms with Crippen molar-refractivity contribution >= 4 is 72.6 Å². The molecule has 4 aromatic heterocycles. The van der Waals surface area contributed by atoms with E-state index in [0.29, 0.717) is 0 Å². The number of pyridine rings is 1. The molecule has 7 aromatic carbocycles. The standard InChI is InChI=1S/C43H33N2O2.C17H22GeN.Ir/c1-25(2)33-23-28(27-13-6-5-7-14-27)24-34(26(3)4)40(33)45-36-19-10-9-18-35(36)44-43(45)32-17-12-16-31-39-38(47-41(31)32)22-21-30-29-15-8-11-20-37(29)46-42(30)39;1-13(2)15-11-17(14-9-7-6-8-10-14)19-12-16(15)18(3,4)5;/h5-16,18-26H,1-4H3;6-9,11-13H,1-5H3;/q2*-1;/i;13D;. The van der Waals surface area contributed by atoms with Gasteiger partial charge in [-0.05, 0) is 76.6 Å². The fourth-order valence-corrected chi connectivity index (χ4v) is 12.7. The van der Waals surface area contributed by atoms with Crippen molar-refractivity contribution in [1.82, 2.24) is 14.5 Å². The van der Waals surface area contributed by atoms with Crippen LogP contribution in [0.1, 0.15) is 77.3 Å². The van der Waals surface area contributed by atoms with Crippen LogP contribution < -0.4 is 4.40 Å². The SMILES string of the molecule is CC(C)c1cc(-c2ccccc2)cc(C(C)C)c1-n1c(-c2[c-]ccc3c2oc2ccc4c5ccccc5oc4c23)nc2ccccc21.[2H]C(C)(C)c1cc(-c2[c-]cccc2)nc[c]1[Ge]([CH3])([CH3])[CH3].[Ir]. The van der Waals surface area contributed by atoms with Gasteiger partial charge in [-0.1, -0.05) is 99.3 Å². The smallest absolute Gasteiger partial charge is 0 e. The summed E-state index contributed by atoms with van der Waals surface area (Å²) in [6, 6.07) is 57.0. The minimum absolute atomic E-state index is 0. The summed E-state index contributed by atoms with van der Waals surface area (Å²) in [5.74, 6) is 7.80. The molecule has 0 aliphatic carbocycles. The monoisotopic (exact) mass is 1120 g/mol. The summed E-state index contributed by atoms with van der Waals surface area (Å²) in [5, 5.41) is 4.15. The van der Waals surface area contributed by atoms with E-state index in [2.05, 4.69) is 170 Å². The van der Waals surface area contributed by atoms with E-state index in [1.165, 1.54) is 32.3 Å². The molecule has 5 nitrogen and oxygen atoms in total. The van der Waals surface area contributed by atoms with Crippen LogP contribution >= 0.6 is 0 Å². The number of rotatable bonds is 8. The average molecular weight is 1120 g/mol. The minimum Gasteiger partial charge on any atom is 0 e. The number of benzene rings is 7. The molecule has 0 fully saturated rings. The number of aromatic nitrogens is 3. The number of hydrogen-bond acceptors (Lipinski definition) is 4. The summed E-state index contributed by atoms with van der Waals surface area (Å²) in [6.07, 6.45) is 2.00. The summed E-state index contributed by atoms with van der Waals surface area (Å²) in [7, 11) is 0. The third-order valence-electron chi connectivity index (χ3n) is 12.7. The Morgan fingerprint density at radius 2 is 1.30 bits per heavy atom. The van der Waals surface area contributed by atoms with E-state index in [9.17, 15) is 0 Å². The first-order valence-corrected chi connectivity index (χ1v) is 30.4. The Labute approximate surface area is 411 Å². The molecule has 0 unspecified atom stereocenters. The molecular weight excluding hydrogens is 1060 g/mol. The molecule has 7 heteroatoms. The normalized spacial score (nSPS) is 12.3. The first kappa shape index (κ1) is 44.8. The van der Waals surface area contributed by atoms with Crippen LogP contribution in [0.2, 0.25) is 17.3 Å². The van der Waals surface area contributed by atoms with Gasteiger partial charge in [-0.25, -0.2) is 0 Å². The Kier molecular flexibility index (Phi) is 12.4. The van der Waals surface area contributed by atoms with Crippen molar-refractivity contribution in [3.05, 3.63) is 181 Å². The largest absolute Gasteiger partial charge is 0 e. The molecule has 1 radical (unpaired) electrons. The second kappa shape index (κ2) is 18.6. The summed E-state index contributed by atoms with van der Waals surface area (Å²) in [4.78, 5) is 9.93. The van der Waals surface area contributed by atoms with Crippen LogP contribution in [0.25, 0.3) is 94.4 Å². The molecule has 0 saturated heterocycles. The second-order valence-electron chi connectivity index (χ2n) is 19.2. The molecule has 67 heavy (non-hydrogen) atoms. The van der Waals surface area contributed by atoms with Gasteiger partial charge in [0.2, 0.25) is 0 Å². The summed E-state index contributed by atoms with van der Waals surface area (Å²) >= 11 is -2.03. The van der Waals surface area contributed by atoms with Gasteiger partial charge < -0.3 is 13.4 Å². The van der Waals surface area contributed by atoms with Gasteiger partial charge >= 0.3 is 120 Å². The summed E-state index contributed by atoms with van der Waals surface area (Å²) in [5.41, 5.74) is 15.3. The van der Waals surface area contributed by atoms with Crippen LogP contribution in [0.15, 0.2) is 161 Å². The van der Waals surface area contributed by atoms with Gasteiger partial charge in [-0.15, -0.1) is 18.2 Å². The molecule has 0 spiro atoms. The maximum absolute atomic E-state index is 8.44. The Bertz CT molecular complexity index is 3580. The molecule has 11 rings (SSSR count). The topological polar surface area (TPSA) is 57.0 Å². The van der Waals surface area contributed by atoms with Crippen molar-refractivity contribution in [1.29, 1.82) is 0 Å². The molecule has 0 amide bonds. The van der Waals surface area contributed by atoms with Crippen LogP contribution in [0, 0.1) is 12.1 Å². The van der Waals surface area contributed by atoms with Crippen LogP contribution in [0.4, 0.5) is 0 Å². The molecule has 0 aliphatic rings. The fourth-order valence-electron chi connectivity index (χ4n) is 9.38. The molecule has 337 valence electrons. The van der Waals surface area contributed by atoms with E-state index in [-0.39, 0.29) is 31.9 Å². The summed E-state index contributed by atoms with van der Waals surface area (Å²) in [6.45, 7) is 13.0. The van der Waals surface area contributed by atoms with Crippen molar-refractivity contribution in [3.8, 4) is 39.5 Å². The van der Waals surface area contributed by atoms with Crippen molar-refractivity contribution in [2.24, 2.45) is 0 Å². The van der Waals surface area contributed by atoms with Gasteiger partial charge in [0.05, 0.1) is 27.8 Å². The molecular formula is C60H55GeIrN3O2-2. The average Bonchev–Trinajstić information content (AvgIpc) is 4.02. The van der Waals surface area contributed by atoms with Crippen molar-refractivity contribution in [2.75, 3.05) is 0 Å². The predicted molar refractivity (Wildman–Crippen MR) is 279 cm³/mol.